The smallest absolute Gasteiger partial charge is 0.145 e. The van der Waals surface area contributed by atoms with E-state index in [4.69, 9.17) is 9.73 Å². The van der Waals surface area contributed by atoms with E-state index in [-0.39, 0.29) is 0 Å². The van der Waals surface area contributed by atoms with Crippen molar-refractivity contribution in [3.63, 3.8) is 0 Å². The van der Waals surface area contributed by atoms with Crippen LogP contribution in [0, 0.1) is 6.92 Å². The molecule has 0 aliphatic heterocycles. The van der Waals surface area contributed by atoms with E-state index in [1.54, 1.807) is 6.08 Å². The molecule has 0 heterocycles. The van der Waals surface area contributed by atoms with Gasteiger partial charge in [0.25, 0.3) is 0 Å². The van der Waals surface area contributed by atoms with Crippen LogP contribution in [0.3, 0.4) is 0 Å². The maximum absolute atomic E-state index is 5.76. The Kier molecular flexibility index (Phi) is 5.73. The highest BCUT2D eigenvalue weighted by molar-refractivity contribution is 6.12. The van der Waals surface area contributed by atoms with Gasteiger partial charge in [-0.25, -0.2) is 4.99 Å². The number of hydrogen-bond donors (Lipinski definition) is 0. The molecule has 0 unspecified atom stereocenters. The zero-order valence-corrected chi connectivity index (χ0v) is 13.1. The van der Waals surface area contributed by atoms with Crippen molar-refractivity contribution >= 4 is 11.4 Å². The van der Waals surface area contributed by atoms with Gasteiger partial charge in [0, 0.05) is 5.56 Å². The number of para-hydroxylation sites is 1. The summed E-state index contributed by atoms with van der Waals surface area (Å²) >= 11 is 0. The van der Waals surface area contributed by atoms with E-state index in [1.165, 1.54) is 5.56 Å². The highest BCUT2D eigenvalue weighted by Gasteiger charge is 2.11. The van der Waals surface area contributed by atoms with Gasteiger partial charge in [-0.05, 0) is 32.1 Å². The molecule has 0 amide bonds. The van der Waals surface area contributed by atoms with Crippen molar-refractivity contribution in [1.29, 1.82) is 0 Å². The van der Waals surface area contributed by atoms with Crippen LogP contribution < -0.4 is 0 Å². The van der Waals surface area contributed by atoms with Crippen LogP contribution in [-0.2, 0) is 4.74 Å². The summed E-state index contributed by atoms with van der Waals surface area (Å²) in [6, 6.07) is 18.2. The lowest BCUT2D eigenvalue weighted by Crippen LogP contribution is -2.08. The molecule has 0 spiro atoms. The van der Waals surface area contributed by atoms with Gasteiger partial charge in [0.1, 0.15) is 11.5 Å². The molecule has 2 aromatic carbocycles. The largest absolute Gasteiger partial charge is 0.492 e. The number of hydrogen-bond acceptors (Lipinski definition) is 2. The molecular weight excluding hydrogens is 270 g/mol. The molecule has 0 radical (unpaired) electrons. The molecule has 2 rings (SSSR count). The van der Waals surface area contributed by atoms with Crippen molar-refractivity contribution in [1.82, 2.24) is 0 Å². The van der Waals surface area contributed by atoms with Gasteiger partial charge < -0.3 is 4.74 Å². The van der Waals surface area contributed by atoms with Crippen LogP contribution in [0.5, 0.6) is 0 Å². The highest BCUT2D eigenvalue weighted by atomic mass is 16.5. The minimum atomic E-state index is 0.583. The molecule has 0 bridgehead atoms. The van der Waals surface area contributed by atoms with Crippen LogP contribution in [0.1, 0.15) is 18.1 Å². The van der Waals surface area contributed by atoms with Crippen molar-refractivity contribution in [3.05, 3.63) is 90.2 Å². The number of aryl methyl sites for hydroxylation is 1. The fraction of sp³-hybridized carbons (Fsp3) is 0.150. The Morgan fingerprint density at radius 3 is 2.36 bits per heavy atom. The summed E-state index contributed by atoms with van der Waals surface area (Å²) in [6.45, 7) is 8.39. The van der Waals surface area contributed by atoms with Crippen molar-refractivity contribution in [2.45, 2.75) is 13.8 Å². The van der Waals surface area contributed by atoms with Crippen molar-refractivity contribution in [2.75, 3.05) is 6.61 Å². The average Bonchev–Trinajstić information content (AvgIpc) is 2.54. The Morgan fingerprint density at radius 2 is 1.77 bits per heavy atom. The monoisotopic (exact) mass is 291 g/mol. The molecule has 22 heavy (non-hydrogen) atoms. The molecule has 0 atom stereocenters. The standard InChI is InChI=1S/C20H21NO/c1-4-9-19(22-5-2)20(17-14-12-16(3)13-15-17)21-18-10-7-6-8-11-18/h4,6-15H,1,5H2,2-3H3/b19-9+,21-20?. The molecule has 0 aliphatic rings. The lowest BCUT2D eigenvalue weighted by Gasteiger charge is -2.12. The number of nitrogens with zero attached hydrogens (tertiary/aromatic N) is 1. The van der Waals surface area contributed by atoms with Gasteiger partial charge in [-0.15, -0.1) is 0 Å². The highest BCUT2D eigenvalue weighted by Crippen LogP contribution is 2.19. The van der Waals surface area contributed by atoms with Crippen molar-refractivity contribution in [3.8, 4) is 0 Å². The van der Waals surface area contributed by atoms with E-state index in [2.05, 4.69) is 37.8 Å². The Hall–Kier alpha value is -2.61. The van der Waals surface area contributed by atoms with Gasteiger partial charge in [-0.1, -0.05) is 60.7 Å². The molecular formula is C20H21NO. The number of ether oxygens (including phenoxy) is 1. The van der Waals surface area contributed by atoms with Gasteiger partial charge in [0.05, 0.1) is 12.3 Å². The van der Waals surface area contributed by atoms with Gasteiger partial charge in [-0.3, -0.25) is 0 Å². The minimum Gasteiger partial charge on any atom is -0.492 e. The third-order valence-corrected chi connectivity index (χ3v) is 3.12. The maximum Gasteiger partial charge on any atom is 0.145 e. The van der Waals surface area contributed by atoms with Gasteiger partial charge >= 0.3 is 0 Å². The van der Waals surface area contributed by atoms with E-state index >= 15 is 0 Å². The average molecular weight is 291 g/mol. The SMILES string of the molecule is C=C/C=C(/OCC)C(=Nc1ccccc1)c1ccc(C)cc1. The predicted molar refractivity (Wildman–Crippen MR) is 93.7 cm³/mol. The molecule has 2 nitrogen and oxygen atoms in total. The Labute approximate surface area is 132 Å². The first-order chi connectivity index (χ1) is 10.7. The minimum absolute atomic E-state index is 0.583. The predicted octanol–water partition coefficient (Wildman–Crippen LogP) is 5.22. The van der Waals surface area contributed by atoms with E-state index < -0.39 is 0 Å². The van der Waals surface area contributed by atoms with Crippen LogP contribution in [-0.4, -0.2) is 12.3 Å². The number of rotatable bonds is 6. The third-order valence-electron chi connectivity index (χ3n) is 3.12. The first-order valence-electron chi connectivity index (χ1n) is 7.41. The molecule has 2 heteroatoms. The zero-order valence-electron chi connectivity index (χ0n) is 13.1. The van der Waals surface area contributed by atoms with Crippen LogP contribution in [0.25, 0.3) is 0 Å². The fourth-order valence-electron chi connectivity index (χ4n) is 2.06. The number of aliphatic imine (C=N–C) groups is 1. The van der Waals surface area contributed by atoms with Gasteiger partial charge in [0.2, 0.25) is 0 Å². The Bertz CT molecular complexity index is 667. The summed E-state index contributed by atoms with van der Waals surface area (Å²) in [5, 5.41) is 0. The van der Waals surface area contributed by atoms with Crippen LogP contribution in [0.4, 0.5) is 5.69 Å². The maximum atomic E-state index is 5.76. The Balaban J connectivity index is 2.53. The second kappa shape index (κ2) is 7.99. The quantitative estimate of drug-likeness (QED) is 0.406. The molecule has 0 fully saturated rings. The topological polar surface area (TPSA) is 21.6 Å². The summed E-state index contributed by atoms with van der Waals surface area (Å²) in [5.74, 6) is 0.727. The summed E-state index contributed by atoms with van der Waals surface area (Å²) < 4.78 is 5.76. The zero-order chi connectivity index (χ0) is 15.8. The van der Waals surface area contributed by atoms with E-state index in [0.717, 1.165) is 22.7 Å². The normalized spacial score (nSPS) is 12.1. The van der Waals surface area contributed by atoms with Crippen LogP contribution in [0.2, 0.25) is 0 Å². The van der Waals surface area contributed by atoms with E-state index in [0.29, 0.717) is 6.61 Å². The van der Waals surface area contributed by atoms with Crippen molar-refractivity contribution < 1.29 is 4.74 Å². The molecule has 0 aromatic heterocycles. The molecule has 0 N–H and O–H groups in total. The van der Waals surface area contributed by atoms with Gasteiger partial charge in [0.15, 0.2) is 0 Å². The first-order valence-corrected chi connectivity index (χ1v) is 7.41. The van der Waals surface area contributed by atoms with E-state index in [9.17, 15) is 0 Å². The summed E-state index contributed by atoms with van der Waals surface area (Å²) in [7, 11) is 0. The van der Waals surface area contributed by atoms with Crippen LogP contribution >= 0.6 is 0 Å². The van der Waals surface area contributed by atoms with E-state index in [1.807, 2.05) is 43.3 Å². The van der Waals surface area contributed by atoms with Gasteiger partial charge in [-0.2, -0.15) is 0 Å². The summed E-state index contributed by atoms with van der Waals surface area (Å²) in [6.07, 6.45) is 3.57. The molecule has 112 valence electrons. The molecule has 0 saturated carbocycles. The first kappa shape index (κ1) is 15.8. The van der Waals surface area contributed by atoms with Crippen molar-refractivity contribution in [2.24, 2.45) is 4.99 Å². The lowest BCUT2D eigenvalue weighted by atomic mass is 10.1. The Morgan fingerprint density at radius 1 is 1.09 bits per heavy atom. The molecule has 2 aromatic rings. The molecule has 0 saturated heterocycles. The number of benzene rings is 2. The second-order valence-electron chi connectivity index (χ2n) is 4.86. The summed E-state index contributed by atoms with van der Waals surface area (Å²) in [4.78, 5) is 4.77. The lowest BCUT2D eigenvalue weighted by molar-refractivity contribution is 0.250. The fourth-order valence-corrected chi connectivity index (χ4v) is 2.06. The summed E-state index contributed by atoms with van der Waals surface area (Å²) in [5.41, 5.74) is 3.95. The third kappa shape index (κ3) is 4.19. The molecule has 0 aliphatic carbocycles. The van der Waals surface area contributed by atoms with Crippen LogP contribution in [0.15, 0.2) is 84.1 Å². The number of allylic oxidation sites excluding steroid dienone is 3. The second-order valence-corrected chi connectivity index (χ2v) is 4.86.